The molecule has 0 bridgehead atoms. The molecule has 0 heterocycles. The third kappa shape index (κ3) is 19.7. The van der Waals surface area contributed by atoms with Crippen molar-refractivity contribution in [1.29, 1.82) is 0 Å². The van der Waals surface area contributed by atoms with Gasteiger partial charge in [0.1, 0.15) is 0 Å². The highest BCUT2D eigenvalue weighted by molar-refractivity contribution is 8.48. The molecule has 0 fully saturated rings. The number of rotatable bonds is 12. The fourth-order valence-electron chi connectivity index (χ4n) is 1.74. The van der Waals surface area contributed by atoms with Crippen LogP contribution < -0.4 is 0 Å². The molecule has 0 amide bonds. The van der Waals surface area contributed by atoms with E-state index in [9.17, 15) is 19.4 Å². The zero-order chi connectivity index (χ0) is 16.5. The van der Waals surface area contributed by atoms with E-state index in [1.165, 1.54) is 0 Å². The molecule has 130 valence electrons. The van der Waals surface area contributed by atoms with E-state index in [0.29, 0.717) is 18.4 Å². The number of hydrogen-bond acceptors (Lipinski definition) is 1. The molecule has 0 radical (unpaired) electrons. The van der Waals surface area contributed by atoms with Crippen molar-refractivity contribution in [2.24, 2.45) is 5.92 Å². The minimum absolute atomic E-state index is 0.0447. The Balaban J connectivity index is 3.41. The average Bonchev–Trinajstić information content (AvgIpc) is 2.27. The van der Waals surface area contributed by atoms with E-state index in [2.05, 4.69) is 13.8 Å². The molecule has 0 saturated heterocycles. The summed E-state index contributed by atoms with van der Waals surface area (Å²) in [4.78, 5) is 0. The van der Waals surface area contributed by atoms with Crippen LogP contribution in [-0.2, 0) is 4.74 Å². The van der Waals surface area contributed by atoms with Crippen LogP contribution in [-0.4, -0.2) is 13.2 Å². The smallest absolute Gasteiger partial charge is 0.304 e. The Labute approximate surface area is 124 Å². The highest BCUT2D eigenvalue weighted by Gasteiger charge is 2.60. The number of hydrogen-bond donors (Lipinski definition) is 0. The van der Waals surface area contributed by atoms with Crippen molar-refractivity contribution in [2.45, 2.75) is 58.8 Å². The molecular formula is C14H27F5OS. The third-order valence-corrected chi connectivity index (χ3v) is 3.42. The Bertz CT molecular complexity index is 309. The first-order valence-corrected chi connectivity index (χ1v) is 9.40. The van der Waals surface area contributed by atoms with Crippen LogP contribution in [0, 0.1) is 5.92 Å². The minimum Gasteiger partial charge on any atom is -0.381 e. The normalized spacial score (nSPS) is 16.4. The van der Waals surface area contributed by atoms with Crippen LogP contribution >= 0.6 is 10.2 Å². The summed E-state index contributed by atoms with van der Waals surface area (Å²) in [5.74, 6) is 0.532. The lowest BCUT2D eigenvalue weighted by Crippen LogP contribution is -2.02. The van der Waals surface area contributed by atoms with E-state index >= 15 is 0 Å². The highest BCUT2D eigenvalue weighted by atomic mass is 32.5. The van der Waals surface area contributed by atoms with Crippen molar-refractivity contribution in [3.63, 3.8) is 0 Å². The number of halogens is 5. The second-order valence-corrected chi connectivity index (χ2v) is 8.11. The molecule has 0 aliphatic rings. The minimum atomic E-state index is -9.34. The molecule has 0 aliphatic heterocycles. The molecule has 0 rings (SSSR count). The molecule has 0 spiro atoms. The molecule has 0 aliphatic carbocycles. The molecular weight excluding hydrogens is 311 g/mol. The van der Waals surface area contributed by atoms with E-state index < -0.39 is 15.6 Å². The number of ether oxygens (including phenoxy) is 1. The first-order chi connectivity index (χ1) is 9.39. The van der Waals surface area contributed by atoms with Crippen LogP contribution in [0.15, 0.2) is 11.5 Å². The maximum atomic E-state index is 11.9. The summed E-state index contributed by atoms with van der Waals surface area (Å²) in [7, 11) is -9.34. The summed E-state index contributed by atoms with van der Waals surface area (Å²) in [6, 6.07) is 0. The van der Waals surface area contributed by atoms with Crippen LogP contribution in [0.25, 0.3) is 0 Å². The van der Waals surface area contributed by atoms with Gasteiger partial charge >= 0.3 is 10.2 Å². The van der Waals surface area contributed by atoms with Crippen LogP contribution in [0.1, 0.15) is 58.8 Å². The Morgan fingerprint density at radius 3 is 1.90 bits per heavy atom. The molecule has 0 aromatic rings. The Morgan fingerprint density at radius 2 is 1.38 bits per heavy atom. The van der Waals surface area contributed by atoms with Crippen molar-refractivity contribution in [3.8, 4) is 0 Å². The molecule has 1 nitrogen and oxygen atoms in total. The van der Waals surface area contributed by atoms with Gasteiger partial charge in [-0.15, -0.1) is 0 Å². The predicted octanol–water partition coefficient (Wildman–Crippen LogP) is 7.20. The topological polar surface area (TPSA) is 9.23 Å². The van der Waals surface area contributed by atoms with E-state index in [0.717, 1.165) is 45.3 Å². The van der Waals surface area contributed by atoms with Gasteiger partial charge in [0.05, 0.1) is 5.41 Å². The predicted molar refractivity (Wildman–Crippen MR) is 80.2 cm³/mol. The average molecular weight is 338 g/mol. The molecule has 0 aromatic heterocycles. The summed E-state index contributed by atoms with van der Waals surface area (Å²) in [5, 5.41) is -0.841. The van der Waals surface area contributed by atoms with Crippen LogP contribution in [0.4, 0.5) is 19.4 Å². The van der Waals surface area contributed by atoms with Crippen molar-refractivity contribution in [1.82, 2.24) is 0 Å². The second kappa shape index (κ2) is 7.81. The van der Waals surface area contributed by atoms with E-state index in [-0.39, 0.29) is 6.42 Å². The Hall–Kier alpha value is -0.300. The van der Waals surface area contributed by atoms with Gasteiger partial charge < -0.3 is 4.74 Å². The van der Waals surface area contributed by atoms with E-state index in [4.69, 9.17) is 4.74 Å². The van der Waals surface area contributed by atoms with Crippen LogP contribution in [0.3, 0.4) is 0 Å². The van der Waals surface area contributed by atoms with Gasteiger partial charge in [-0.2, -0.15) is 0 Å². The molecule has 0 aromatic carbocycles. The summed E-state index contributed by atoms with van der Waals surface area (Å²) < 4.78 is 65.1. The molecule has 0 unspecified atom stereocenters. The van der Waals surface area contributed by atoms with Gasteiger partial charge in [0.25, 0.3) is 0 Å². The summed E-state index contributed by atoms with van der Waals surface area (Å²) in [6.07, 6.45) is 5.77. The van der Waals surface area contributed by atoms with Crippen molar-refractivity contribution in [3.05, 3.63) is 11.5 Å². The van der Waals surface area contributed by atoms with Gasteiger partial charge in [-0.1, -0.05) is 65.0 Å². The third-order valence-electron chi connectivity index (χ3n) is 2.71. The fraction of sp³-hybridized carbons (Fsp3) is 0.857. The quantitative estimate of drug-likeness (QED) is 0.270. The lowest BCUT2D eigenvalue weighted by Gasteiger charge is -2.36. The monoisotopic (exact) mass is 338 g/mol. The molecule has 7 heteroatoms. The number of allylic oxidation sites excluding steroid dienone is 1. The van der Waals surface area contributed by atoms with Crippen molar-refractivity contribution >= 4 is 10.2 Å². The maximum Gasteiger partial charge on any atom is 0.304 e. The van der Waals surface area contributed by atoms with E-state index in [1.54, 1.807) is 0 Å². The second-order valence-electron chi connectivity index (χ2n) is 5.78. The molecule has 21 heavy (non-hydrogen) atoms. The molecule has 0 N–H and O–H groups in total. The summed E-state index contributed by atoms with van der Waals surface area (Å²) in [6.45, 7) is 5.68. The number of unbranched alkanes of at least 4 members (excludes halogenated alkanes) is 6. The van der Waals surface area contributed by atoms with Crippen LogP contribution in [0.2, 0.25) is 0 Å². The van der Waals surface area contributed by atoms with Crippen molar-refractivity contribution in [2.75, 3.05) is 13.2 Å². The molecule has 0 saturated carbocycles. The van der Waals surface area contributed by atoms with Gasteiger partial charge in [-0.3, -0.25) is 0 Å². The van der Waals surface area contributed by atoms with Crippen LogP contribution in [0.5, 0.6) is 0 Å². The Morgan fingerprint density at radius 1 is 0.857 bits per heavy atom. The van der Waals surface area contributed by atoms with Gasteiger partial charge in [0, 0.05) is 13.2 Å². The van der Waals surface area contributed by atoms with Gasteiger partial charge in [0.2, 0.25) is 0 Å². The Kier molecular flexibility index (Phi) is 7.70. The largest absolute Gasteiger partial charge is 0.381 e. The summed E-state index contributed by atoms with van der Waals surface area (Å²) >= 11 is 0. The van der Waals surface area contributed by atoms with Gasteiger partial charge in [0.15, 0.2) is 0 Å². The van der Waals surface area contributed by atoms with Gasteiger partial charge in [-0.25, -0.2) is 0 Å². The zero-order valence-electron chi connectivity index (χ0n) is 12.8. The van der Waals surface area contributed by atoms with Crippen molar-refractivity contribution < 1.29 is 24.2 Å². The molecule has 0 atom stereocenters. The highest BCUT2D eigenvalue weighted by Crippen LogP contribution is 2.98. The lowest BCUT2D eigenvalue weighted by molar-refractivity contribution is 0.106. The first-order valence-electron chi connectivity index (χ1n) is 7.39. The maximum absolute atomic E-state index is 11.9. The standard InChI is InChI=1S/C14H27F5OS/c1-14(2)13-20-11-9-7-5-3-4-6-8-10-12-21(15,16,17,18)19/h10,12,14H,3-9,11,13H2,1-2H3. The van der Waals surface area contributed by atoms with Gasteiger partial charge in [-0.05, 0) is 25.2 Å². The zero-order valence-corrected chi connectivity index (χ0v) is 13.6. The SMILES string of the molecule is CC(C)COCCCCCCCCC=CS(F)(F)(F)(F)F. The lowest BCUT2D eigenvalue weighted by atomic mass is 10.1. The summed E-state index contributed by atoms with van der Waals surface area (Å²) in [5.41, 5.74) is 0. The van der Waals surface area contributed by atoms with E-state index in [1.807, 2.05) is 0 Å². The fourth-order valence-corrected chi connectivity index (χ4v) is 2.24. The first kappa shape index (κ1) is 20.7.